The molecule has 2 aromatic rings. The zero-order valence-corrected chi connectivity index (χ0v) is 14.9. The van der Waals surface area contributed by atoms with Crippen LogP contribution in [0.5, 0.6) is 0 Å². The molecule has 0 bridgehead atoms. The Morgan fingerprint density at radius 3 is 2.43 bits per heavy atom. The molecule has 1 heterocycles. The molecule has 0 saturated heterocycles. The van der Waals surface area contributed by atoms with Crippen LogP contribution in [0.15, 0.2) is 34.9 Å². The molecule has 0 aliphatic rings. The van der Waals surface area contributed by atoms with Gasteiger partial charge >= 0.3 is 0 Å². The Bertz CT molecular complexity index is 579. The van der Waals surface area contributed by atoms with Crippen LogP contribution >= 0.6 is 15.9 Å². The molecule has 0 atom stereocenters. The minimum atomic E-state index is 0.114. The molecule has 0 fully saturated rings. The Labute approximate surface area is 135 Å². The van der Waals surface area contributed by atoms with E-state index in [2.05, 4.69) is 83.0 Å². The zero-order chi connectivity index (χ0) is 15.5. The van der Waals surface area contributed by atoms with Crippen molar-refractivity contribution < 1.29 is 0 Å². The summed E-state index contributed by atoms with van der Waals surface area (Å²) in [6, 6.07) is 8.30. The van der Waals surface area contributed by atoms with Crippen molar-refractivity contribution in [3.63, 3.8) is 0 Å². The Kier molecular flexibility index (Phi) is 5.22. The molecule has 2 rings (SSSR count). The normalized spacial score (nSPS) is 11.9. The molecule has 0 aliphatic carbocycles. The first-order chi connectivity index (χ1) is 9.90. The van der Waals surface area contributed by atoms with Gasteiger partial charge in [0.25, 0.3) is 0 Å². The van der Waals surface area contributed by atoms with Crippen molar-refractivity contribution >= 4 is 15.9 Å². The summed E-state index contributed by atoms with van der Waals surface area (Å²) in [5.74, 6) is 0. The molecule has 0 radical (unpaired) electrons. The molecule has 1 N–H and O–H groups in total. The predicted molar refractivity (Wildman–Crippen MR) is 91.9 cm³/mol. The van der Waals surface area contributed by atoms with Gasteiger partial charge in [0.1, 0.15) is 0 Å². The van der Waals surface area contributed by atoms with Gasteiger partial charge in [-0.1, -0.05) is 29.3 Å². The van der Waals surface area contributed by atoms with Gasteiger partial charge in [0.05, 0.1) is 11.9 Å². The monoisotopic (exact) mass is 349 g/mol. The van der Waals surface area contributed by atoms with E-state index in [1.165, 1.54) is 11.3 Å². The van der Waals surface area contributed by atoms with Crippen LogP contribution in [0.25, 0.3) is 5.69 Å². The molecule has 0 amide bonds. The highest BCUT2D eigenvalue weighted by Gasteiger charge is 2.14. The standard InChI is InChI=1S/C17H24BrN3/c1-5-6-16-13(11-19-17(2,3)4)12-20-21(16)15-9-7-14(18)8-10-15/h7-10,12,19H,5-6,11H2,1-4H3. The molecule has 0 unspecified atom stereocenters. The van der Waals surface area contributed by atoms with Crippen molar-refractivity contribution in [2.45, 2.75) is 52.6 Å². The molecule has 1 aromatic heterocycles. The van der Waals surface area contributed by atoms with E-state index in [-0.39, 0.29) is 5.54 Å². The topological polar surface area (TPSA) is 29.9 Å². The van der Waals surface area contributed by atoms with E-state index in [1.807, 2.05) is 6.20 Å². The number of benzene rings is 1. The van der Waals surface area contributed by atoms with Crippen molar-refractivity contribution in [3.05, 3.63) is 46.2 Å². The van der Waals surface area contributed by atoms with Gasteiger partial charge in [-0.05, 0) is 51.5 Å². The first kappa shape index (κ1) is 16.2. The van der Waals surface area contributed by atoms with Crippen LogP contribution in [0.4, 0.5) is 0 Å². The molecule has 3 nitrogen and oxygen atoms in total. The first-order valence-corrected chi connectivity index (χ1v) is 8.27. The number of hydrogen-bond acceptors (Lipinski definition) is 2. The van der Waals surface area contributed by atoms with Crippen molar-refractivity contribution in [2.24, 2.45) is 0 Å². The van der Waals surface area contributed by atoms with E-state index in [1.54, 1.807) is 0 Å². The Hall–Kier alpha value is -1.13. The van der Waals surface area contributed by atoms with Gasteiger partial charge in [-0.2, -0.15) is 5.10 Å². The second-order valence-electron chi connectivity index (χ2n) is 6.36. The average Bonchev–Trinajstić information content (AvgIpc) is 2.80. The van der Waals surface area contributed by atoms with Crippen LogP contribution in [0, 0.1) is 0 Å². The van der Waals surface area contributed by atoms with E-state index in [4.69, 9.17) is 0 Å². The summed E-state index contributed by atoms with van der Waals surface area (Å²) < 4.78 is 3.15. The molecule has 0 aliphatic heterocycles. The van der Waals surface area contributed by atoms with Crippen LogP contribution in [0.2, 0.25) is 0 Å². The molecule has 21 heavy (non-hydrogen) atoms. The minimum absolute atomic E-state index is 0.114. The Morgan fingerprint density at radius 1 is 1.19 bits per heavy atom. The van der Waals surface area contributed by atoms with Crippen LogP contribution in [-0.4, -0.2) is 15.3 Å². The number of halogens is 1. The maximum atomic E-state index is 4.60. The molecule has 4 heteroatoms. The molecule has 0 spiro atoms. The Balaban J connectivity index is 2.29. The van der Waals surface area contributed by atoms with Crippen molar-refractivity contribution in [3.8, 4) is 5.69 Å². The second-order valence-corrected chi connectivity index (χ2v) is 7.27. The summed E-state index contributed by atoms with van der Waals surface area (Å²) in [4.78, 5) is 0. The van der Waals surface area contributed by atoms with Crippen molar-refractivity contribution in [2.75, 3.05) is 0 Å². The van der Waals surface area contributed by atoms with Crippen LogP contribution in [0.1, 0.15) is 45.4 Å². The number of aromatic nitrogens is 2. The lowest BCUT2D eigenvalue weighted by atomic mass is 10.1. The van der Waals surface area contributed by atoms with E-state index in [0.717, 1.165) is 29.5 Å². The smallest absolute Gasteiger partial charge is 0.0649 e. The molecule has 114 valence electrons. The third-order valence-corrected chi connectivity index (χ3v) is 3.85. The fourth-order valence-corrected chi connectivity index (χ4v) is 2.49. The van der Waals surface area contributed by atoms with Gasteiger partial charge < -0.3 is 5.32 Å². The molecule has 1 aromatic carbocycles. The highest BCUT2D eigenvalue weighted by molar-refractivity contribution is 9.10. The van der Waals surface area contributed by atoms with Crippen LogP contribution in [-0.2, 0) is 13.0 Å². The molecule has 0 saturated carbocycles. The SMILES string of the molecule is CCCc1c(CNC(C)(C)C)cnn1-c1ccc(Br)cc1. The number of nitrogens with zero attached hydrogens (tertiary/aromatic N) is 2. The van der Waals surface area contributed by atoms with E-state index in [9.17, 15) is 0 Å². The van der Waals surface area contributed by atoms with Crippen molar-refractivity contribution in [1.82, 2.24) is 15.1 Å². The van der Waals surface area contributed by atoms with E-state index in [0.29, 0.717) is 0 Å². The summed E-state index contributed by atoms with van der Waals surface area (Å²) in [7, 11) is 0. The average molecular weight is 350 g/mol. The second kappa shape index (κ2) is 6.75. The largest absolute Gasteiger partial charge is 0.308 e. The fourth-order valence-electron chi connectivity index (χ4n) is 2.22. The van der Waals surface area contributed by atoms with Gasteiger partial charge in [-0.25, -0.2) is 4.68 Å². The summed E-state index contributed by atoms with van der Waals surface area (Å²) in [5, 5.41) is 8.15. The molecular formula is C17H24BrN3. The number of nitrogens with one attached hydrogen (secondary N) is 1. The van der Waals surface area contributed by atoms with Gasteiger partial charge in [-0.15, -0.1) is 0 Å². The van der Waals surface area contributed by atoms with Gasteiger partial charge in [0.2, 0.25) is 0 Å². The maximum absolute atomic E-state index is 4.60. The highest BCUT2D eigenvalue weighted by Crippen LogP contribution is 2.19. The quantitative estimate of drug-likeness (QED) is 0.862. The summed E-state index contributed by atoms with van der Waals surface area (Å²) in [6.45, 7) is 9.62. The number of rotatable bonds is 5. The summed E-state index contributed by atoms with van der Waals surface area (Å²) >= 11 is 3.48. The fraction of sp³-hybridized carbons (Fsp3) is 0.471. The lowest BCUT2D eigenvalue weighted by Gasteiger charge is -2.20. The van der Waals surface area contributed by atoms with E-state index >= 15 is 0 Å². The number of hydrogen-bond donors (Lipinski definition) is 1. The summed E-state index contributed by atoms with van der Waals surface area (Å²) in [5.41, 5.74) is 3.82. The lowest BCUT2D eigenvalue weighted by molar-refractivity contribution is 0.423. The van der Waals surface area contributed by atoms with Gasteiger partial charge in [0, 0.05) is 27.8 Å². The maximum Gasteiger partial charge on any atom is 0.0649 e. The molecular weight excluding hydrogens is 326 g/mol. The van der Waals surface area contributed by atoms with Crippen LogP contribution < -0.4 is 5.32 Å². The third kappa shape index (κ3) is 4.42. The zero-order valence-electron chi connectivity index (χ0n) is 13.3. The lowest BCUT2D eigenvalue weighted by Crippen LogP contribution is -2.35. The first-order valence-electron chi connectivity index (χ1n) is 7.47. The van der Waals surface area contributed by atoms with Gasteiger partial charge in [-0.3, -0.25) is 0 Å². The Morgan fingerprint density at radius 2 is 1.86 bits per heavy atom. The van der Waals surface area contributed by atoms with Crippen molar-refractivity contribution in [1.29, 1.82) is 0 Å². The summed E-state index contributed by atoms with van der Waals surface area (Å²) in [6.07, 6.45) is 4.15. The van der Waals surface area contributed by atoms with E-state index < -0.39 is 0 Å². The van der Waals surface area contributed by atoms with Crippen LogP contribution in [0.3, 0.4) is 0 Å². The highest BCUT2D eigenvalue weighted by atomic mass is 79.9. The predicted octanol–water partition coefficient (Wildman–Crippen LogP) is 4.48. The van der Waals surface area contributed by atoms with Gasteiger partial charge in [0.15, 0.2) is 0 Å². The third-order valence-electron chi connectivity index (χ3n) is 3.32. The minimum Gasteiger partial charge on any atom is -0.308 e.